The van der Waals surface area contributed by atoms with E-state index in [2.05, 4.69) is 60.7 Å². The first-order valence-corrected chi connectivity index (χ1v) is 5.40. The van der Waals surface area contributed by atoms with Gasteiger partial charge in [0.05, 0.1) is 22.8 Å². The SMILES string of the molecule is [C+]1=C(c2ccccc2)c2ccccc2C=C1. The van der Waals surface area contributed by atoms with Crippen LogP contribution in [0.3, 0.4) is 0 Å². The van der Waals surface area contributed by atoms with Gasteiger partial charge in [0.1, 0.15) is 0 Å². The lowest BCUT2D eigenvalue weighted by Gasteiger charge is -2.04. The van der Waals surface area contributed by atoms with Gasteiger partial charge in [-0.05, 0) is 24.3 Å². The molecule has 1 aliphatic carbocycles. The molecule has 0 saturated carbocycles. The molecule has 16 heavy (non-hydrogen) atoms. The molecule has 0 amide bonds. The zero-order valence-corrected chi connectivity index (χ0v) is 8.85. The molecular weight excluding hydrogens is 192 g/mol. The van der Waals surface area contributed by atoms with Crippen LogP contribution >= 0.6 is 0 Å². The van der Waals surface area contributed by atoms with Crippen molar-refractivity contribution in [3.8, 4) is 0 Å². The summed E-state index contributed by atoms with van der Waals surface area (Å²) in [6.45, 7) is 0. The fourth-order valence-corrected chi connectivity index (χ4v) is 2.01. The second-order valence-electron chi connectivity index (χ2n) is 3.81. The van der Waals surface area contributed by atoms with Gasteiger partial charge in [0.2, 0.25) is 0 Å². The first-order chi connectivity index (χ1) is 7.95. The second kappa shape index (κ2) is 3.77. The molecule has 0 nitrogen and oxygen atoms in total. The normalized spacial score (nSPS) is 12.6. The standard InChI is InChI=1S/C16H11/c1-2-7-13(8-3-1)16-12-6-10-14-9-4-5-11-15(14)16/h1-11H/q+1. The Morgan fingerprint density at radius 1 is 0.750 bits per heavy atom. The molecule has 0 N–H and O–H groups in total. The van der Waals surface area contributed by atoms with Crippen LogP contribution in [0.4, 0.5) is 0 Å². The molecule has 0 aliphatic heterocycles. The van der Waals surface area contributed by atoms with Crippen LogP contribution in [0, 0.1) is 6.08 Å². The summed E-state index contributed by atoms with van der Waals surface area (Å²) in [5, 5.41) is 0. The lowest BCUT2D eigenvalue weighted by atomic mass is 9.90. The van der Waals surface area contributed by atoms with Crippen molar-refractivity contribution in [1.82, 2.24) is 0 Å². The van der Waals surface area contributed by atoms with Gasteiger partial charge in [-0.15, -0.1) is 0 Å². The van der Waals surface area contributed by atoms with Crippen LogP contribution in [0.5, 0.6) is 0 Å². The third-order valence-corrected chi connectivity index (χ3v) is 2.78. The van der Waals surface area contributed by atoms with Crippen molar-refractivity contribution in [2.75, 3.05) is 0 Å². The number of hydrogen-bond acceptors (Lipinski definition) is 0. The number of fused-ring (bicyclic) bond motifs is 1. The topological polar surface area (TPSA) is 0 Å². The first kappa shape index (κ1) is 9.08. The quantitative estimate of drug-likeness (QED) is 0.616. The molecule has 2 aromatic carbocycles. The van der Waals surface area contributed by atoms with Crippen molar-refractivity contribution in [3.05, 3.63) is 83.4 Å². The lowest BCUT2D eigenvalue weighted by molar-refractivity contribution is 1.50. The minimum Gasteiger partial charge on any atom is -0.0605 e. The van der Waals surface area contributed by atoms with E-state index >= 15 is 0 Å². The Bertz CT molecular complexity index is 560. The van der Waals surface area contributed by atoms with Crippen molar-refractivity contribution in [1.29, 1.82) is 0 Å². The molecule has 0 atom stereocenters. The van der Waals surface area contributed by atoms with Crippen molar-refractivity contribution < 1.29 is 0 Å². The summed E-state index contributed by atoms with van der Waals surface area (Å²) in [5.74, 6) is 0. The Labute approximate surface area is 95.6 Å². The number of rotatable bonds is 1. The van der Waals surface area contributed by atoms with Crippen molar-refractivity contribution in [2.24, 2.45) is 0 Å². The summed E-state index contributed by atoms with van der Waals surface area (Å²) >= 11 is 0. The molecule has 0 bridgehead atoms. The average Bonchev–Trinajstić information content (AvgIpc) is 2.39. The van der Waals surface area contributed by atoms with Gasteiger partial charge in [0.15, 0.2) is 5.57 Å². The van der Waals surface area contributed by atoms with Crippen LogP contribution < -0.4 is 0 Å². The maximum atomic E-state index is 3.33. The average molecular weight is 203 g/mol. The van der Waals surface area contributed by atoms with Gasteiger partial charge in [-0.3, -0.25) is 0 Å². The monoisotopic (exact) mass is 203 g/mol. The van der Waals surface area contributed by atoms with E-state index in [4.69, 9.17) is 0 Å². The summed E-state index contributed by atoms with van der Waals surface area (Å²) in [4.78, 5) is 0. The van der Waals surface area contributed by atoms with E-state index in [1.165, 1.54) is 22.3 Å². The van der Waals surface area contributed by atoms with Crippen LogP contribution in [-0.4, -0.2) is 0 Å². The highest BCUT2D eigenvalue weighted by molar-refractivity contribution is 5.86. The summed E-state index contributed by atoms with van der Waals surface area (Å²) in [7, 11) is 0. The highest BCUT2D eigenvalue weighted by atomic mass is 14.1. The van der Waals surface area contributed by atoms with Crippen LogP contribution in [-0.2, 0) is 0 Å². The Kier molecular flexibility index (Phi) is 2.14. The molecule has 3 rings (SSSR count). The maximum absolute atomic E-state index is 3.33. The van der Waals surface area contributed by atoms with Crippen molar-refractivity contribution in [3.63, 3.8) is 0 Å². The van der Waals surface area contributed by atoms with Gasteiger partial charge in [0, 0.05) is 12.2 Å². The molecule has 74 valence electrons. The smallest absolute Gasteiger partial charge is 0.0605 e. The van der Waals surface area contributed by atoms with Crippen LogP contribution in [0.1, 0.15) is 16.7 Å². The Balaban J connectivity index is 2.18. The number of hydrogen-bond donors (Lipinski definition) is 0. The lowest BCUT2D eigenvalue weighted by Crippen LogP contribution is -1.94. The molecule has 0 unspecified atom stereocenters. The molecule has 0 fully saturated rings. The largest absolute Gasteiger partial charge is 0.163 e. The summed E-state index contributed by atoms with van der Waals surface area (Å²) in [5.41, 5.74) is 4.93. The van der Waals surface area contributed by atoms with Gasteiger partial charge in [-0.25, -0.2) is 0 Å². The Morgan fingerprint density at radius 2 is 1.50 bits per heavy atom. The fourth-order valence-electron chi connectivity index (χ4n) is 2.01. The minimum atomic E-state index is 1.18. The van der Waals surface area contributed by atoms with E-state index in [0.717, 1.165) is 0 Å². The molecular formula is C16H11+. The van der Waals surface area contributed by atoms with E-state index in [9.17, 15) is 0 Å². The van der Waals surface area contributed by atoms with Crippen LogP contribution in [0.15, 0.2) is 60.7 Å². The molecule has 2 aromatic rings. The summed E-state index contributed by atoms with van der Waals surface area (Å²) in [6, 6.07) is 18.8. The second-order valence-corrected chi connectivity index (χ2v) is 3.81. The van der Waals surface area contributed by atoms with E-state index in [1.807, 2.05) is 12.1 Å². The Morgan fingerprint density at radius 3 is 2.38 bits per heavy atom. The zero-order valence-electron chi connectivity index (χ0n) is 8.85. The van der Waals surface area contributed by atoms with Gasteiger partial charge in [0.25, 0.3) is 0 Å². The van der Waals surface area contributed by atoms with Crippen molar-refractivity contribution >= 4 is 11.6 Å². The molecule has 1 aliphatic rings. The van der Waals surface area contributed by atoms with E-state index in [1.54, 1.807) is 0 Å². The molecule has 0 saturated heterocycles. The van der Waals surface area contributed by atoms with E-state index < -0.39 is 0 Å². The summed E-state index contributed by atoms with van der Waals surface area (Å²) in [6.07, 6.45) is 7.42. The predicted octanol–water partition coefficient (Wildman–Crippen LogP) is 3.95. The van der Waals surface area contributed by atoms with Gasteiger partial charge in [-0.2, -0.15) is 0 Å². The first-order valence-electron chi connectivity index (χ1n) is 5.40. The van der Waals surface area contributed by atoms with Crippen LogP contribution in [0.25, 0.3) is 11.6 Å². The number of allylic oxidation sites excluding steroid dienone is 2. The van der Waals surface area contributed by atoms with E-state index in [-0.39, 0.29) is 0 Å². The molecule has 0 aromatic heterocycles. The molecule has 0 heteroatoms. The van der Waals surface area contributed by atoms with Crippen LogP contribution in [0.2, 0.25) is 0 Å². The van der Waals surface area contributed by atoms with Gasteiger partial charge < -0.3 is 0 Å². The third-order valence-electron chi connectivity index (χ3n) is 2.78. The predicted molar refractivity (Wildman–Crippen MR) is 67.7 cm³/mol. The van der Waals surface area contributed by atoms with Gasteiger partial charge in [-0.1, -0.05) is 30.3 Å². The summed E-state index contributed by atoms with van der Waals surface area (Å²) < 4.78 is 0. The minimum absolute atomic E-state index is 1.18. The third kappa shape index (κ3) is 1.46. The van der Waals surface area contributed by atoms with E-state index in [0.29, 0.717) is 0 Å². The highest BCUT2D eigenvalue weighted by Crippen LogP contribution is 2.29. The zero-order chi connectivity index (χ0) is 10.8. The van der Waals surface area contributed by atoms with Crippen molar-refractivity contribution in [2.45, 2.75) is 0 Å². The van der Waals surface area contributed by atoms with Gasteiger partial charge >= 0.3 is 0 Å². The molecule has 0 spiro atoms. The molecule has 0 heterocycles. The maximum Gasteiger partial charge on any atom is 0.163 e. The Hall–Kier alpha value is -2.17. The number of benzene rings is 2. The molecule has 0 radical (unpaired) electrons. The highest BCUT2D eigenvalue weighted by Gasteiger charge is 2.19. The fraction of sp³-hybridized carbons (Fsp3) is 0.